The largest absolute Gasteiger partial charge is 0.482 e. The molecule has 0 saturated heterocycles. The van der Waals surface area contributed by atoms with Crippen molar-refractivity contribution in [3.63, 3.8) is 0 Å². The molecule has 3 aliphatic carbocycles. The summed E-state index contributed by atoms with van der Waals surface area (Å²) in [6.45, 7) is 0.946. The molecule has 12 heteroatoms. The number of carbonyl (C=O) groups is 3. The van der Waals surface area contributed by atoms with Gasteiger partial charge in [0.1, 0.15) is 23.1 Å². The molecule has 0 radical (unpaired) electrons. The molecule has 0 unspecified atom stereocenters. The first-order valence-electron chi connectivity index (χ1n) is 12.8. The summed E-state index contributed by atoms with van der Waals surface area (Å²) in [5.41, 5.74) is 2.36. The number of carbonyl (C=O) groups excluding carboxylic acids is 3. The highest BCUT2D eigenvalue weighted by atomic mass is 16.5. The van der Waals surface area contributed by atoms with E-state index in [1.165, 1.54) is 13.4 Å². The van der Waals surface area contributed by atoms with Crippen LogP contribution in [-0.2, 0) is 20.9 Å². The predicted molar refractivity (Wildman–Crippen MR) is 136 cm³/mol. The van der Waals surface area contributed by atoms with Gasteiger partial charge in [0.2, 0.25) is 0 Å². The number of fused-ring (bicyclic) bond motifs is 5. The zero-order chi connectivity index (χ0) is 26.3. The maximum absolute atomic E-state index is 13.0. The fraction of sp³-hybridized carbons (Fsp3) is 0.462. The van der Waals surface area contributed by atoms with E-state index in [4.69, 9.17) is 9.47 Å². The number of aromatic nitrogens is 4. The van der Waals surface area contributed by atoms with Crippen LogP contribution in [0.5, 0.6) is 5.75 Å². The molecule has 198 valence electrons. The second kappa shape index (κ2) is 9.26. The van der Waals surface area contributed by atoms with Crippen LogP contribution in [0.25, 0.3) is 11.0 Å². The molecule has 3 saturated carbocycles. The van der Waals surface area contributed by atoms with Gasteiger partial charge < -0.3 is 25.4 Å². The van der Waals surface area contributed by atoms with Gasteiger partial charge in [-0.2, -0.15) is 5.10 Å². The van der Waals surface area contributed by atoms with Crippen molar-refractivity contribution in [2.45, 2.75) is 45.1 Å². The molecular weight excluding hydrogens is 490 g/mol. The van der Waals surface area contributed by atoms with E-state index in [9.17, 15) is 14.4 Å². The summed E-state index contributed by atoms with van der Waals surface area (Å²) in [6, 6.07) is 5.36. The molecule has 1 aliphatic heterocycles. The summed E-state index contributed by atoms with van der Waals surface area (Å²) in [5, 5.41) is 16.4. The van der Waals surface area contributed by atoms with E-state index >= 15 is 0 Å². The van der Waals surface area contributed by atoms with Crippen LogP contribution in [0.1, 0.15) is 54.6 Å². The number of benzene rings is 1. The Morgan fingerprint density at radius 1 is 1.13 bits per heavy atom. The van der Waals surface area contributed by atoms with E-state index < -0.39 is 0 Å². The summed E-state index contributed by atoms with van der Waals surface area (Å²) in [5.74, 6) is 0.506. The molecule has 3 heterocycles. The number of hydrogen-bond acceptors (Lipinski definition) is 9. The van der Waals surface area contributed by atoms with Gasteiger partial charge in [-0.25, -0.2) is 9.97 Å². The number of esters is 1. The average molecular weight is 520 g/mol. The van der Waals surface area contributed by atoms with Gasteiger partial charge in [-0.05, 0) is 61.6 Å². The molecule has 2 amide bonds. The third kappa shape index (κ3) is 4.19. The second-order valence-electron chi connectivity index (χ2n) is 10.5. The monoisotopic (exact) mass is 519 g/mol. The van der Waals surface area contributed by atoms with Crippen molar-refractivity contribution >= 4 is 40.3 Å². The zero-order valence-electron chi connectivity index (χ0n) is 21.1. The number of ether oxygens (including phenoxy) is 2. The number of nitrogens with zero attached hydrogens (tertiary/aromatic N) is 3. The van der Waals surface area contributed by atoms with Crippen molar-refractivity contribution in [1.29, 1.82) is 0 Å². The van der Waals surface area contributed by atoms with Gasteiger partial charge in [0.15, 0.2) is 18.1 Å². The maximum Gasteiger partial charge on any atom is 0.311 e. The van der Waals surface area contributed by atoms with Gasteiger partial charge >= 0.3 is 5.97 Å². The van der Waals surface area contributed by atoms with Gasteiger partial charge in [-0.15, -0.1) is 0 Å². The van der Waals surface area contributed by atoms with Crippen molar-refractivity contribution < 1.29 is 23.9 Å². The fourth-order valence-electron chi connectivity index (χ4n) is 5.96. The van der Waals surface area contributed by atoms with Crippen LogP contribution < -0.4 is 20.7 Å². The lowest BCUT2D eigenvalue weighted by Gasteiger charge is -2.51. The summed E-state index contributed by atoms with van der Waals surface area (Å²) < 4.78 is 10.4. The van der Waals surface area contributed by atoms with Crippen molar-refractivity contribution in [2.75, 3.05) is 30.9 Å². The van der Waals surface area contributed by atoms with E-state index in [2.05, 4.69) is 36.1 Å². The molecule has 38 heavy (non-hydrogen) atoms. The Bertz CT molecular complexity index is 1410. The Balaban J connectivity index is 1.11. The molecule has 0 atom stereocenters. The summed E-state index contributed by atoms with van der Waals surface area (Å²) >= 11 is 0. The molecule has 2 aromatic heterocycles. The van der Waals surface area contributed by atoms with Crippen molar-refractivity contribution in [1.82, 2.24) is 25.5 Å². The Hall–Kier alpha value is -4.22. The van der Waals surface area contributed by atoms with E-state index in [-0.39, 0.29) is 47.5 Å². The third-order valence-electron chi connectivity index (χ3n) is 8.35. The quantitative estimate of drug-likeness (QED) is 0.344. The van der Waals surface area contributed by atoms with Crippen LogP contribution in [0.4, 0.5) is 11.5 Å². The van der Waals surface area contributed by atoms with Crippen LogP contribution in [0.15, 0.2) is 24.5 Å². The predicted octanol–water partition coefficient (Wildman–Crippen LogP) is 2.54. The smallest absolute Gasteiger partial charge is 0.311 e. The van der Waals surface area contributed by atoms with Crippen LogP contribution >= 0.6 is 0 Å². The molecule has 2 bridgehead atoms. The van der Waals surface area contributed by atoms with E-state index in [0.717, 1.165) is 44.1 Å². The van der Waals surface area contributed by atoms with Gasteiger partial charge in [0.25, 0.3) is 11.8 Å². The number of amides is 2. The van der Waals surface area contributed by atoms with Crippen LogP contribution in [0.2, 0.25) is 0 Å². The number of methoxy groups -OCH3 is 1. The molecule has 0 spiro atoms. The number of anilines is 2. The molecule has 4 N–H and O–H groups in total. The highest BCUT2D eigenvalue weighted by Crippen LogP contribution is 2.57. The summed E-state index contributed by atoms with van der Waals surface area (Å²) in [6.07, 6.45) is 6.76. The van der Waals surface area contributed by atoms with E-state index in [0.29, 0.717) is 34.8 Å². The molecular formula is C26H29N7O5. The van der Waals surface area contributed by atoms with Crippen molar-refractivity contribution in [3.05, 3.63) is 35.8 Å². The minimum Gasteiger partial charge on any atom is -0.482 e. The highest BCUT2D eigenvalue weighted by molar-refractivity contribution is 6.04. The lowest BCUT2D eigenvalue weighted by atomic mass is 9.53. The molecule has 1 aromatic carbocycles. The molecule has 4 aliphatic rings. The minimum atomic E-state index is -0.372. The van der Waals surface area contributed by atoms with Gasteiger partial charge in [-0.3, -0.25) is 19.5 Å². The standard InChI is InChI=1S/C26H29N7O5/c1-37-24(36)26-7-4-25(5-8-26,6-9-26)13-28-22-20-19(32-33-22)21(30-14-29-20)23(35)27-11-15-2-3-17-16(10-15)31-18(34)12-38-17/h2-3,10,14H,4-9,11-13H2,1H3,(H,27,35)(H,31,34)(H2,28,32,33). The fourth-order valence-corrected chi connectivity index (χ4v) is 5.96. The highest BCUT2D eigenvalue weighted by Gasteiger charge is 2.52. The van der Waals surface area contributed by atoms with Crippen LogP contribution in [0.3, 0.4) is 0 Å². The first-order valence-corrected chi connectivity index (χ1v) is 12.8. The summed E-state index contributed by atoms with van der Waals surface area (Å²) in [7, 11) is 1.47. The molecule has 12 nitrogen and oxygen atoms in total. The lowest BCUT2D eigenvalue weighted by molar-refractivity contribution is -0.162. The van der Waals surface area contributed by atoms with E-state index in [1.54, 1.807) is 12.1 Å². The Morgan fingerprint density at radius 3 is 2.68 bits per heavy atom. The first kappa shape index (κ1) is 24.1. The number of hydrogen-bond donors (Lipinski definition) is 4. The van der Waals surface area contributed by atoms with Crippen LogP contribution in [-0.4, -0.2) is 58.2 Å². The molecule has 3 fully saturated rings. The van der Waals surface area contributed by atoms with Gasteiger partial charge in [0, 0.05) is 13.1 Å². The van der Waals surface area contributed by atoms with Gasteiger partial charge in [0.05, 0.1) is 18.2 Å². The van der Waals surface area contributed by atoms with Crippen LogP contribution in [0, 0.1) is 10.8 Å². The number of nitrogens with one attached hydrogen (secondary N) is 4. The summed E-state index contributed by atoms with van der Waals surface area (Å²) in [4.78, 5) is 45.4. The van der Waals surface area contributed by atoms with E-state index in [1.807, 2.05) is 6.07 Å². The maximum atomic E-state index is 13.0. The number of rotatable bonds is 7. The lowest BCUT2D eigenvalue weighted by Crippen LogP contribution is -2.48. The Labute approximate surface area is 218 Å². The Morgan fingerprint density at radius 2 is 1.92 bits per heavy atom. The second-order valence-corrected chi connectivity index (χ2v) is 10.5. The third-order valence-corrected chi connectivity index (χ3v) is 8.35. The normalized spacial score (nSPS) is 23.8. The van der Waals surface area contributed by atoms with Gasteiger partial charge in [-0.1, -0.05) is 6.07 Å². The SMILES string of the molecule is COC(=O)C12CCC(CNc3n[nH]c4c(C(=O)NCc5ccc6c(c5)NC(=O)CO6)ncnc34)(CC1)CC2. The zero-order valence-corrected chi connectivity index (χ0v) is 21.1. The average Bonchev–Trinajstić information content (AvgIpc) is 3.38. The van der Waals surface area contributed by atoms with Crippen molar-refractivity contribution in [2.24, 2.45) is 10.8 Å². The topological polar surface area (TPSA) is 160 Å². The first-order chi connectivity index (χ1) is 18.4. The molecule has 7 rings (SSSR count). The van der Waals surface area contributed by atoms with Crippen molar-refractivity contribution in [3.8, 4) is 5.75 Å². The number of aromatic amines is 1. The minimum absolute atomic E-state index is 0.00903. The Kier molecular flexibility index (Phi) is 5.88. The number of H-pyrrole nitrogens is 1. The molecule has 3 aromatic rings.